The number of benzene rings is 1. The first-order valence-corrected chi connectivity index (χ1v) is 9.61. The Morgan fingerprint density at radius 2 is 2.04 bits per heavy atom. The molecule has 1 N–H and O–H groups in total. The summed E-state index contributed by atoms with van der Waals surface area (Å²) in [4.78, 5) is 2.26. The van der Waals surface area contributed by atoms with Gasteiger partial charge in [-0.25, -0.2) is 0 Å². The van der Waals surface area contributed by atoms with Crippen LogP contribution in [0.15, 0.2) is 18.2 Å². The number of rotatable bonds is 6. The molecule has 0 spiro atoms. The average molecular weight is 393 g/mol. The van der Waals surface area contributed by atoms with E-state index in [9.17, 15) is 8.78 Å². The summed E-state index contributed by atoms with van der Waals surface area (Å²) in [7, 11) is 1.56. The quantitative estimate of drug-likeness (QED) is 0.813. The Hall–Kier alpha value is -2.26. The van der Waals surface area contributed by atoms with Gasteiger partial charge in [-0.15, -0.1) is 10.2 Å². The third kappa shape index (κ3) is 4.10. The second-order valence-electron chi connectivity index (χ2n) is 7.21. The van der Waals surface area contributed by atoms with Crippen molar-refractivity contribution in [3.05, 3.63) is 35.4 Å². The maximum atomic E-state index is 12.7. The van der Waals surface area contributed by atoms with Crippen molar-refractivity contribution in [2.75, 3.05) is 26.7 Å². The smallest absolute Gasteiger partial charge is 0.387 e. The number of fused-ring (bicyclic) bond motifs is 1. The van der Waals surface area contributed by atoms with Crippen LogP contribution in [0.5, 0.6) is 11.5 Å². The third-order valence-corrected chi connectivity index (χ3v) is 5.48. The van der Waals surface area contributed by atoms with E-state index in [1.165, 1.54) is 0 Å². The molecule has 1 saturated heterocycles. The fourth-order valence-electron chi connectivity index (χ4n) is 4.02. The minimum Gasteiger partial charge on any atom is -0.497 e. The highest BCUT2D eigenvalue weighted by atomic mass is 19.3. The molecule has 0 amide bonds. The number of hydrogen-bond acceptors (Lipinski definition) is 6. The van der Waals surface area contributed by atoms with Gasteiger partial charge in [0.2, 0.25) is 0 Å². The molecule has 4 rings (SSSR count). The average Bonchev–Trinajstić information content (AvgIpc) is 3.14. The number of nitrogens with one attached hydrogen (secondary N) is 1. The van der Waals surface area contributed by atoms with E-state index in [2.05, 4.69) is 29.7 Å². The molecule has 9 heteroatoms. The Morgan fingerprint density at radius 3 is 2.79 bits per heavy atom. The molecule has 0 unspecified atom stereocenters. The highest BCUT2D eigenvalue weighted by Gasteiger charge is 2.27. The van der Waals surface area contributed by atoms with Gasteiger partial charge in [-0.1, -0.05) is 0 Å². The van der Waals surface area contributed by atoms with Crippen LogP contribution < -0.4 is 14.8 Å². The number of likely N-dealkylation sites (tertiary alicyclic amines) is 1. The van der Waals surface area contributed by atoms with Crippen LogP contribution in [0.3, 0.4) is 0 Å². The van der Waals surface area contributed by atoms with E-state index in [1.54, 1.807) is 25.3 Å². The molecule has 0 aliphatic carbocycles. The van der Waals surface area contributed by atoms with Crippen LogP contribution in [0.2, 0.25) is 0 Å². The van der Waals surface area contributed by atoms with Crippen molar-refractivity contribution in [2.24, 2.45) is 0 Å². The molecule has 0 radical (unpaired) electrons. The van der Waals surface area contributed by atoms with Crippen LogP contribution >= 0.6 is 0 Å². The van der Waals surface area contributed by atoms with Gasteiger partial charge in [0.1, 0.15) is 23.1 Å². The van der Waals surface area contributed by atoms with E-state index in [4.69, 9.17) is 4.74 Å². The van der Waals surface area contributed by atoms with Crippen molar-refractivity contribution in [1.82, 2.24) is 25.0 Å². The molecule has 7 nitrogen and oxygen atoms in total. The molecular weight excluding hydrogens is 368 g/mol. The number of piperidine rings is 1. The van der Waals surface area contributed by atoms with E-state index >= 15 is 0 Å². The molecule has 2 aromatic rings. The van der Waals surface area contributed by atoms with Crippen LogP contribution in [0.25, 0.3) is 0 Å². The molecule has 0 bridgehead atoms. The Bertz CT molecular complexity index is 806. The zero-order valence-corrected chi connectivity index (χ0v) is 15.9. The lowest BCUT2D eigenvalue weighted by Gasteiger charge is -2.32. The monoisotopic (exact) mass is 393 g/mol. The van der Waals surface area contributed by atoms with Gasteiger partial charge in [0, 0.05) is 31.1 Å². The lowest BCUT2D eigenvalue weighted by Crippen LogP contribution is -2.34. The first-order valence-electron chi connectivity index (χ1n) is 9.61. The molecule has 1 aromatic heterocycles. The predicted octanol–water partition coefficient (Wildman–Crippen LogP) is 2.37. The molecule has 3 heterocycles. The topological polar surface area (TPSA) is 64.4 Å². The van der Waals surface area contributed by atoms with Crippen LogP contribution in [0, 0.1) is 0 Å². The Kier molecular flexibility index (Phi) is 5.72. The van der Waals surface area contributed by atoms with E-state index < -0.39 is 6.61 Å². The van der Waals surface area contributed by atoms with Gasteiger partial charge >= 0.3 is 6.61 Å². The third-order valence-electron chi connectivity index (χ3n) is 5.48. The van der Waals surface area contributed by atoms with Crippen molar-refractivity contribution in [3.63, 3.8) is 0 Å². The first kappa shape index (κ1) is 19.1. The SMILES string of the molecule is COc1ccc(OC(F)F)c(CN2CCC(c3nnc4n3CCNC4)CC2)c1. The molecule has 28 heavy (non-hydrogen) atoms. The predicted molar refractivity (Wildman–Crippen MR) is 98.6 cm³/mol. The van der Waals surface area contributed by atoms with Gasteiger partial charge in [-0.3, -0.25) is 4.90 Å². The summed E-state index contributed by atoms with van der Waals surface area (Å²) < 4.78 is 37.6. The zero-order valence-electron chi connectivity index (χ0n) is 15.9. The van der Waals surface area contributed by atoms with E-state index in [1.807, 2.05) is 0 Å². The highest BCUT2D eigenvalue weighted by molar-refractivity contribution is 5.40. The van der Waals surface area contributed by atoms with Crippen LogP contribution in [0.4, 0.5) is 8.78 Å². The van der Waals surface area contributed by atoms with E-state index in [0.717, 1.165) is 57.2 Å². The summed E-state index contributed by atoms with van der Waals surface area (Å²) >= 11 is 0. The Morgan fingerprint density at radius 1 is 1.21 bits per heavy atom. The molecule has 1 fully saturated rings. The minimum atomic E-state index is -2.84. The van der Waals surface area contributed by atoms with Crippen LogP contribution in [-0.2, 0) is 19.6 Å². The van der Waals surface area contributed by atoms with Crippen molar-refractivity contribution in [1.29, 1.82) is 0 Å². The molecule has 0 atom stereocenters. The van der Waals surface area contributed by atoms with Crippen molar-refractivity contribution < 1.29 is 18.3 Å². The van der Waals surface area contributed by atoms with Gasteiger partial charge in [-0.05, 0) is 44.1 Å². The van der Waals surface area contributed by atoms with Gasteiger partial charge in [-0.2, -0.15) is 8.78 Å². The van der Waals surface area contributed by atoms with Gasteiger partial charge in [0.15, 0.2) is 0 Å². The van der Waals surface area contributed by atoms with Gasteiger partial charge in [0.05, 0.1) is 13.7 Å². The standard InChI is InChI=1S/C19H25F2N5O2/c1-27-15-2-3-16(28-19(20)21)14(10-15)12-25-7-4-13(5-8-25)18-24-23-17-11-22-6-9-26(17)18/h2-3,10,13,19,22H,4-9,11-12H2,1H3. The number of hydrogen-bond donors (Lipinski definition) is 1. The minimum absolute atomic E-state index is 0.206. The number of aromatic nitrogens is 3. The fourth-order valence-corrected chi connectivity index (χ4v) is 4.02. The number of ether oxygens (including phenoxy) is 2. The molecule has 1 aromatic carbocycles. The lowest BCUT2D eigenvalue weighted by molar-refractivity contribution is -0.0508. The van der Waals surface area contributed by atoms with E-state index in [-0.39, 0.29) is 5.75 Å². The Balaban J connectivity index is 1.41. The number of methoxy groups -OCH3 is 1. The van der Waals surface area contributed by atoms with Crippen molar-refractivity contribution in [2.45, 2.75) is 45.0 Å². The van der Waals surface area contributed by atoms with Gasteiger partial charge in [0.25, 0.3) is 0 Å². The van der Waals surface area contributed by atoms with Crippen molar-refractivity contribution >= 4 is 0 Å². The highest BCUT2D eigenvalue weighted by Crippen LogP contribution is 2.31. The lowest BCUT2D eigenvalue weighted by atomic mass is 9.95. The second kappa shape index (κ2) is 8.40. The Labute approximate surface area is 162 Å². The zero-order chi connectivity index (χ0) is 19.5. The largest absolute Gasteiger partial charge is 0.497 e. The number of halogens is 2. The van der Waals surface area contributed by atoms with Crippen LogP contribution in [0.1, 0.15) is 36.0 Å². The number of alkyl halides is 2. The van der Waals surface area contributed by atoms with Crippen molar-refractivity contribution in [3.8, 4) is 11.5 Å². The fraction of sp³-hybridized carbons (Fsp3) is 0.579. The summed E-state index contributed by atoms with van der Waals surface area (Å²) in [6, 6.07) is 4.95. The summed E-state index contributed by atoms with van der Waals surface area (Å²) in [6.45, 7) is 2.08. The van der Waals surface area contributed by atoms with Gasteiger partial charge < -0.3 is 19.4 Å². The molecule has 2 aliphatic heterocycles. The summed E-state index contributed by atoms with van der Waals surface area (Å²) in [5, 5.41) is 12.1. The molecule has 0 saturated carbocycles. The summed E-state index contributed by atoms with van der Waals surface area (Å²) in [5.41, 5.74) is 0.712. The summed E-state index contributed by atoms with van der Waals surface area (Å²) in [5.74, 6) is 3.32. The number of nitrogens with zero attached hydrogens (tertiary/aromatic N) is 4. The van der Waals surface area contributed by atoms with Crippen LogP contribution in [-0.4, -0.2) is 53.0 Å². The second-order valence-corrected chi connectivity index (χ2v) is 7.21. The molecule has 2 aliphatic rings. The maximum Gasteiger partial charge on any atom is 0.387 e. The molecule has 152 valence electrons. The molecular formula is C19H25F2N5O2. The van der Waals surface area contributed by atoms with E-state index in [0.29, 0.717) is 23.8 Å². The maximum absolute atomic E-state index is 12.7. The summed E-state index contributed by atoms with van der Waals surface area (Å²) in [6.07, 6.45) is 1.95. The first-order chi connectivity index (χ1) is 13.6. The normalized spacial score (nSPS) is 18.3.